The van der Waals surface area contributed by atoms with Gasteiger partial charge in [0, 0.05) is 12.2 Å². The van der Waals surface area contributed by atoms with Crippen molar-refractivity contribution >= 4 is 15.7 Å². The molecule has 0 spiro atoms. The zero-order valence-electron chi connectivity index (χ0n) is 10.6. The molecule has 0 fully saturated rings. The quantitative estimate of drug-likeness (QED) is 0.840. The predicted molar refractivity (Wildman–Crippen MR) is 76.1 cm³/mol. The fourth-order valence-electron chi connectivity index (χ4n) is 1.68. The second-order valence-electron chi connectivity index (χ2n) is 4.38. The summed E-state index contributed by atoms with van der Waals surface area (Å²) in [6.45, 7) is 2.14. The summed E-state index contributed by atoms with van der Waals surface area (Å²) in [6.07, 6.45) is 0. The molecule has 0 saturated carbocycles. The van der Waals surface area contributed by atoms with Gasteiger partial charge >= 0.3 is 0 Å². The molecule has 0 atom stereocenters. The molecule has 0 unspecified atom stereocenters. The smallest absolute Gasteiger partial charge is 0.240 e. The molecule has 0 aromatic heterocycles. The van der Waals surface area contributed by atoms with Crippen molar-refractivity contribution < 1.29 is 8.42 Å². The van der Waals surface area contributed by atoms with E-state index in [1.54, 1.807) is 42.5 Å². The largest absolute Gasteiger partial charge is 0.399 e. The van der Waals surface area contributed by atoms with Crippen LogP contribution in [-0.2, 0) is 16.6 Å². The van der Waals surface area contributed by atoms with Gasteiger partial charge in [-0.1, -0.05) is 29.8 Å². The van der Waals surface area contributed by atoms with Crippen LogP contribution in [0, 0.1) is 6.92 Å². The van der Waals surface area contributed by atoms with Crippen molar-refractivity contribution in [3.05, 3.63) is 59.7 Å². The zero-order chi connectivity index (χ0) is 13.9. The third-order valence-corrected chi connectivity index (χ3v) is 4.17. The fourth-order valence-corrected chi connectivity index (χ4v) is 2.70. The Labute approximate surface area is 113 Å². The lowest BCUT2D eigenvalue weighted by Crippen LogP contribution is -2.23. The number of nitrogens with one attached hydrogen (secondary N) is 1. The highest BCUT2D eigenvalue weighted by Gasteiger charge is 2.12. The van der Waals surface area contributed by atoms with Crippen molar-refractivity contribution in [3.63, 3.8) is 0 Å². The number of aryl methyl sites for hydroxylation is 1. The van der Waals surface area contributed by atoms with Gasteiger partial charge in [-0.15, -0.1) is 0 Å². The molecule has 0 aliphatic rings. The Morgan fingerprint density at radius 1 is 1.11 bits per heavy atom. The van der Waals surface area contributed by atoms with Crippen molar-refractivity contribution in [3.8, 4) is 0 Å². The molecule has 0 radical (unpaired) electrons. The molecule has 0 amide bonds. The Bertz CT molecular complexity index is 664. The summed E-state index contributed by atoms with van der Waals surface area (Å²) in [5.41, 5.74) is 8.12. The van der Waals surface area contributed by atoms with Gasteiger partial charge in [-0.25, -0.2) is 13.1 Å². The van der Waals surface area contributed by atoms with Crippen molar-refractivity contribution in [2.75, 3.05) is 5.73 Å². The van der Waals surface area contributed by atoms with Gasteiger partial charge in [-0.3, -0.25) is 0 Å². The van der Waals surface area contributed by atoms with Gasteiger partial charge in [0.2, 0.25) is 10.0 Å². The first-order valence-corrected chi connectivity index (χ1v) is 7.36. The van der Waals surface area contributed by atoms with E-state index in [-0.39, 0.29) is 11.4 Å². The van der Waals surface area contributed by atoms with Gasteiger partial charge < -0.3 is 5.73 Å². The van der Waals surface area contributed by atoms with Crippen LogP contribution < -0.4 is 10.5 Å². The number of nitrogen functional groups attached to an aromatic ring is 1. The van der Waals surface area contributed by atoms with Gasteiger partial charge in [0.15, 0.2) is 0 Å². The lowest BCUT2D eigenvalue weighted by Gasteiger charge is -2.07. The lowest BCUT2D eigenvalue weighted by molar-refractivity contribution is 0.581. The summed E-state index contributed by atoms with van der Waals surface area (Å²) in [5.74, 6) is 0. The standard InChI is InChI=1S/C14H16N2O2S/c1-11-5-7-14(8-6-11)19(17,18)16-10-12-3-2-4-13(15)9-12/h2-9,16H,10,15H2,1H3. The first kappa shape index (κ1) is 13.6. The van der Waals surface area contributed by atoms with Crippen molar-refractivity contribution in [2.24, 2.45) is 0 Å². The number of anilines is 1. The minimum Gasteiger partial charge on any atom is -0.399 e. The Morgan fingerprint density at radius 3 is 2.42 bits per heavy atom. The summed E-state index contributed by atoms with van der Waals surface area (Å²) >= 11 is 0. The van der Waals surface area contributed by atoms with Gasteiger partial charge in [0.1, 0.15) is 0 Å². The first-order valence-electron chi connectivity index (χ1n) is 5.88. The van der Waals surface area contributed by atoms with E-state index in [1.165, 1.54) is 0 Å². The maximum atomic E-state index is 12.1. The predicted octanol–water partition coefficient (Wildman–Crippen LogP) is 2.06. The molecule has 2 rings (SSSR count). The van der Waals surface area contributed by atoms with E-state index < -0.39 is 10.0 Å². The van der Waals surface area contributed by atoms with Gasteiger partial charge in [0.25, 0.3) is 0 Å². The second kappa shape index (κ2) is 5.42. The molecule has 2 aromatic carbocycles. The van der Waals surface area contributed by atoms with Crippen LogP contribution in [-0.4, -0.2) is 8.42 Å². The van der Waals surface area contributed by atoms with E-state index in [0.29, 0.717) is 5.69 Å². The number of nitrogens with two attached hydrogens (primary N) is 1. The molecular formula is C14H16N2O2S. The monoisotopic (exact) mass is 276 g/mol. The number of hydrogen-bond acceptors (Lipinski definition) is 3. The number of hydrogen-bond donors (Lipinski definition) is 2. The van der Waals surface area contributed by atoms with Crippen LogP contribution in [0.5, 0.6) is 0 Å². The normalized spacial score (nSPS) is 11.4. The van der Waals surface area contributed by atoms with Gasteiger partial charge in [-0.05, 0) is 36.8 Å². The maximum Gasteiger partial charge on any atom is 0.240 e. The van der Waals surface area contributed by atoms with E-state index in [0.717, 1.165) is 11.1 Å². The highest BCUT2D eigenvalue weighted by atomic mass is 32.2. The molecule has 100 valence electrons. The number of benzene rings is 2. The minimum atomic E-state index is -3.48. The van der Waals surface area contributed by atoms with Crippen LogP contribution in [0.15, 0.2) is 53.4 Å². The number of sulfonamides is 1. The average Bonchev–Trinajstić information content (AvgIpc) is 2.37. The van der Waals surface area contributed by atoms with E-state index >= 15 is 0 Å². The van der Waals surface area contributed by atoms with Crippen LogP contribution in [0.1, 0.15) is 11.1 Å². The fraction of sp³-hybridized carbons (Fsp3) is 0.143. The summed E-state index contributed by atoms with van der Waals surface area (Å²) in [6, 6.07) is 13.9. The highest BCUT2D eigenvalue weighted by Crippen LogP contribution is 2.11. The van der Waals surface area contributed by atoms with Crippen LogP contribution in [0.25, 0.3) is 0 Å². The van der Waals surface area contributed by atoms with Crippen molar-refractivity contribution in [1.82, 2.24) is 4.72 Å². The Hall–Kier alpha value is -1.85. The Morgan fingerprint density at radius 2 is 1.79 bits per heavy atom. The Kier molecular flexibility index (Phi) is 3.87. The summed E-state index contributed by atoms with van der Waals surface area (Å²) in [4.78, 5) is 0.266. The third-order valence-electron chi connectivity index (χ3n) is 2.75. The molecule has 0 aliphatic heterocycles. The average molecular weight is 276 g/mol. The molecule has 0 bridgehead atoms. The topological polar surface area (TPSA) is 72.2 Å². The van der Waals surface area contributed by atoms with Crippen LogP contribution in [0.3, 0.4) is 0 Å². The van der Waals surface area contributed by atoms with Crippen molar-refractivity contribution in [2.45, 2.75) is 18.4 Å². The van der Waals surface area contributed by atoms with E-state index in [9.17, 15) is 8.42 Å². The highest BCUT2D eigenvalue weighted by molar-refractivity contribution is 7.89. The summed E-state index contributed by atoms with van der Waals surface area (Å²) < 4.78 is 26.7. The van der Waals surface area contributed by atoms with Crippen LogP contribution >= 0.6 is 0 Å². The number of rotatable bonds is 4. The third kappa shape index (κ3) is 3.56. The molecule has 0 heterocycles. The summed E-state index contributed by atoms with van der Waals surface area (Å²) in [5, 5.41) is 0. The van der Waals surface area contributed by atoms with E-state index in [1.807, 2.05) is 13.0 Å². The molecule has 4 nitrogen and oxygen atoms in total. The van der Waals surface area contributed by atoms with Crippen LogP contribution in [0.2, 0.25) is 0 Å². The van der Waals surface area contributed by atoms with E-state index in [2.05, 4.69) is 4.72 Å². The lowest BCUT2D eigenvalue weighted by atomic mass is 10.2. The zero-order valence-corrected chi connectivity index (χ0v) is 11.4. The van der Waals surface area contributed by atoms with E-state index in [4.69, 9.17) is 5.73 Å². The molecule has 19 heavy (non-hydrogen) atoms. The first-order chi connectivity index (χ1) is 8.97. The Balaban J connectivity index is 2.12. The molecular weight excluding hydrogens is 260 g/mol. The van der Waals surface area contributed by atoms with Gasteiger partial charge in [0.05, 0.1) is 4.90 Å². The summed E-state index contributed by atoms with van der Waals surface area (Å²) in [7, 11) is -3.48. The van der Waals surface area contributed by atoms with Crippen molar-refractivity contribution in [1.29, 1.82) is 0 Å². The molecule has 0 saturated heterocycles. The molecule has 2 aromatic rings. The maximum absolute atomic E-state index is 12.1. The molecule has 3 N–H and O–H groups in total. The van der Waals surface area contributed by atoms with Crippen LogP contribution in [0.4, 0.5) is 5.69 Å². The minimum absolute atomic E-state index is 0.223. The molecule has 5 heteroatoms. The van der Waals surface area contributed by atoms with Gasteiger partial charge in [-0.2, -0.15) is 0 Å². The SMILES string of the molecule is Cc1ccc(S(=O)(=O)NCc2cccc(N)c2)cc1. The second-order valence-corrected chi connectivity index (χ2v) is 6.15. The molecule has 0 aliphatic carbocycles.